The van der Waals surface area contributed by atoms with Crippen molar-refractivity contribution in [3.63, 3.8) is 0 Å². The van der Waals surface area contributed by atoms with E-state index in [9.17, 15) is 19.2 Å². The van der Waals surface area contributed by atoms with E-state index in [0.29, 0.717) is 24.9 Å². The minimum Gasteiger partial charge on any atom is -0.481 e. The predicted molar refractivity (Wildman–Crippen MR) is 86.1 cm³/mol. The summed E-state index contributed by atoms with van der Waals surface area (Å²) in [6.07, 6.45) is 2.05. The molecule has 3 amide bonds. The number of hydrogen-bond acceptors (Lipinski definition) is 4. The Morgan fingerprint density at radius 2 is 1.79 bits per heavy atom. The summed E-state index contributed by atoms with van der Waals surface area (Å²) >= 11 is 0. The maximum absolute atomic E-state index is 11.8. The van der Waals surface area contributed by atoms with Crippen LogP contribution in [0.15, 0.2) is 24.3 Å². The normalized spacial score (nSPS) is 16.8. The van der Waals surface area contributed by atoms with E-state index in [0.717, 1.165) is 5.56 Å². The maximum Gasteiger partial charge on any atom is 0.303 e. The molecule has 1 unspecified atom stereocenters. The van der Waals surface area contributed by atoms with Gasteiger partial charge in [0.1, 0.15) is 0 Å². The number of benzene rings is 1. The number of unbranched alkanes of at least 4 members (excludes halogenated alkanes) is 1. The molecule has 2 rings (SSSR count). The predicted octanol–water partition coefficient (Wildman–Crippen LogP) is 1.48. The van der Waals surface area contributed by atoms with Crippen molar-refractivity contribution < 1.29 is 24.3 Å². The Morgan fingerprint density at radius 1 is 1.12 bits per heavy atom. The molecule has 3 N–H and O–H groups in total. The molecule has 1 aromatic rings. The van der Waals surface area contributed by atoms with E-state index in [1.807, 2.05) is 12.1 Å². The summed E-state index contributed by atoms with van der Waals surface area (Å²) in [5, 5.41) is 13.6. The Hall–Kier alpha value is -2.70. The van der Waals surface area contributed by atoms with Gasteiger partial charge in [-0.1, -0.05) is 12.1 Å². The van der Waals surface area contributed by atoms with Crippen LogP contribution in [0.3, 0.4) is 0 Å². The first-order chi connectivity index (χ1) is 11.4. The van der Waals surface area contributed by atoms with Crippen molar-refractivity contribution in [2.45, 2.75) is 38.5 Å². The van der Waals surface area contributed by atoms with Crippen molar-refractivity contribution in [1.82, 2.24) is 5.32 Å². The molecule has 1 aliphatic heterocycles. The molecular weight excluding hydrogens is 312 g/mol. The lowest BCUT2D eigenvalue weighted by atomic mass is 9.98. The van der Waals surface area contributed by atoms with Gasteiger partial charge in [-0.2, -0.15) is 0 Å². The first-order valence-electron chi connectivity index (χ1n) is 7.88. The summed E-state index contributed by atoms with van der Waals surface area (Å²) in [6.45, 7) is 0. The van der Waals surface area contributed by atoms with Crippen LogP contribution in [0.5, 0.6) is 0 Å². The van der Waals surface area contributed by atoms with Crippen molar-refractivity contribution in [2.24, 2.45) is 5.92 Å². The number of carbonyl (C=O) groups is 4. The van der Waals surface area contributed by atoms with Gasteiger partial charge in [-0.25, -0.2) is 0 Å². The van der Waals surface area contributed by atoms with Gasteiger partial charge in [0.05, 0.1) is 5.92 Å². The van der Waals surface area contributed by atoms with Crippen LogP contribution >= 0.6 is 0 Å². The monoisotopic (exact) mass is 332 g/mol. The number of aliphatic carboxylic acids is 1. The number of rotatable bonds is 8. The molecule has 24 heavy (non-hydrogen) atoms. The standard InChI is InChI=1S/C17H20N2O5/c20-14(3-1-2-4-16(22)23)18-13-7-5-11(6-8-13)9-12-10-15(21)19-17(12)24/h5-8,12H,1-4,9-10H2,(H,18,20)(H,22,23)(H,19,21,24). The lowest BCUT2D eigenvalue weighted by molar-refractivity contribution is -0.137. The van der Waals surface area contributed by atoms with Crippen LogP contribution in [0.2, 0.25) is 0 Å². The van der Waals surface area contributed by atoms with Crippen LogP contribution in [0.1, 0.15) is 37.7 Å². The Kier molecular flexibility index (Phi) is 6.06. The molecule has 1 atom stereocenters. The molecule has 0 bridgehead atoms. The van der Waals surface area contributed by atoms with E-state index in [4.69, 9.17) is 5.11 Å². The number of imide groups is 1. The fraction of sp³-hybridized carbons (Fsp3) is 0.412. The van der Waals surface area contributed by atoms with Crippen LogP contribution in [-0.2, 0) is 25.6 Å². The summed E-state index contributed by atoms with van der Waals surface area (Å²) in [7, 11) is 0. The smallest absolute Gasteiger partial charge is 0.303 e. The first kappa shape index (κ1) is 17.7. The third kappa shape index (κ3) is 5.49. The van der Waals surface area contributed by atoms with E-state index in [2.05, 4.69) is 10.6 Å². The van der Waals surface area contributed by atoms with Gasteiger partial charge in [0.15, 0.2) is 0 Å². The van der Waals surface area contributed by atoms with E-state index < -0.39 is 5.97 Å². The van der Waals surface area contributed by atoms with Gasteiger partial charge >= 0.3 is 5.97 Å². The molecule has 0 aromatic heterocycles. The van der Waals surface area contributed by atoms with E-state index in [1.54, 1.807) is 12.1 Å². The van der Waals surface area contributed by atoms with Crippen molar-refractivity contribution in [2.75, 3.05) is 5.32 Å². The van der Waals surface area contributed by atoms with Crippen LogP contribution < -0.4 is 10.6 Å². The fourth-order valence-electron chi connectivity index (χ4n) is 2.57. The Labute approximate surface area is 139 Å². The molecule has 1 fully saturated rings. The molecule has 128 valence electrons. The summed E-state index contributed by atoms with van der Waals surface area (Å²) < 4.78 is 0. The molecular formula is C17H20N2O5. The minimum atomic E-state index is -0.858. The van der Waals surface area contributed by atoms with Crippen LogP contribution in [0.25, 0.3) is 0 Å². The van der Waals surface area contributed by atoms with Crippen LogP contribution in [-0.4, -0.2) is 28.8 Å². The Balaban J connectivity index is 1.77. The first-order valence-corrected chi connectivity index (χ1v) is 7.88. The third-order valence-corrected chi connectivity index (χ3v) is 3.83. The highest BCUT2D eigenvalue weighted by molar-refractivity contribution is 6.03. The zero-order valence-corrected chi connectivity index (χ0v) is 13.2. The SMILES string of the molecule is O=C(O)CCCCC(=O)Nc1ccc(CC2CC(=O)NC2=O)cc1. The molecule has 7 nitrogen and oxygen atoms in total. The van der Waals surface area contributed by atoms with Gasteiger partial charge in [0, 0.05) is 24.9 Å². The van der Waals surface area contributed by atoms with Crippen LogP contribution in [0, 0.1) is 5.92 Å². The van der Waals surface area contributed by atoms with Crippen molar-refractivity contribution in [3.05, 3.63) is 29.8 Å². The topological polar surface area (TPSA) is 113 Å². The van der Waals surface area contributed by atoms with Gasteiger partial charge in [-0.3, -0.25) is 24.5 Å². The molecule has 1 aromatic carbocycles. The number of hydrogen-bond donors (Lipinski definition) is 3. The fourth-order valence-corrected chi connectivity index (χ4v) is 2.57. The van der Waals surface area contributed by atoms with Crippen molar-refractivity contribution >= 4 is 29.4 Å². The third-order valence-electron chi connectivity index (χ3n) is 3.83. The van der Waals surface area contributed by atoms with Gasteiger partial charge in [-0.05, 0) is 37.0 Å². The highest BCUT2D eigenvalue weighted by Gasteiger charge is 2.30. The summed E-state index contributed by atoms with van der Waals surface area (Å²) in [6, 6.07) is 7.13. The zero-order valence-electron chi connectivity index (χ0n) is 13.2. The number of nitrogens with one attached hydrogen (secondary N) is 2. The van der Waals surface area contributed by atoms with Gasteiger partial charge in [0.2, 0.25) is 17.7 Å². The average Bonchev–Trinajstić information content (AvgIpc) is 2.83. The Morgan fingerprint density at radius 3 is 2.38 bits per heavy atom. The lowest BCUT2D eigenvalue weighted by Gasteiger charge is -2.08. The van der Waals surface area contributed by atoms with E-state index in [1.165, 1.54) is 0 Å². The van der Waals surface area contributed by atoms with Crippen molar-refractivity contribution in [1.29, 1.82) is 0 Å². The van der Waals surface area contributed by atoms with E-state index >= 15 is 0 Å². The summed E-state index contributed by atoms with van der Waals surface area (Å²) in [5.74, 6) is -1.82. The van der Waals surface area contributed by atoms with E-state index in [-0.39, 0.29) is 42.9 Å². The molecule has 0 saturated carbocycles. The quantitative estimate of drug-likeness (QED) is 0.493. The molecule has 7 heteroatoms. The van der Waals surface area contributed by atoms with Gasteiger partial charge in [0.25, 0.3) is 0 Å². The second-order valence-corrected chi connectivity index (χ2v) is 5.86. The number of carboxylic acids is 1. The van der Waals surface area contributed by atoms with Gasteiger partial charge in [-0.15, -0.1) is 0 Å². The maximum atomic E-state index is 11.8. The number of amides is 3. The number of anilines is 1. The molecule has 1 aliphatic rings. The number of carbonyl (C=O) groups excluding carboxylic acids is 3. The van der Waals surface area contributed by atoms with Crippen LogP contribution in [0.4, 0.5) is 5.69 Å². The average molecular weight is 332 g/mol. The Bertz CT molecular complexity index is 639. The van der Waals surface area contributed by atoms with Gasteiger partial charge < -0.3 is 10.4 Å². The van der Waals surface area contributed by atoms with Crippen molar-refractivity contribution in [3.8, 4) is 0 Å². The second kappa shape index (κ2) is 8.24. The molecule has 0 aliphatic carbocycles. The summed E-state index contributed by atoms with van der Waals surface area (Å²) in [5.41, 5.74) is 1.57. The molecule has 1 heterocycles. The summed E-state index contributed by atoms with van der Waals surface area (Å²) in [4.78, 5) is 44.8. The molecule has 0 radical (unpaired) electrons. The highest BCUT2D eigenvalue weighted by Crippen LogP contribution is 2.19. The zero-order chi connectivity index (χ0) is 17.5. The number of carboxylic acid groups (broad SMARTS) is 1. The largest absolute Gasteiger partial charge is 0.481 e. The lowest BCUT2D eigenvalue weighted by Crippen LogP contribution is -2.22. The minimum absolute atomic E-state index is 0.0687. The molecule has 0 spiro atoms. The second-order valence-electron chi connectivity index (χ2n) is 5.86. The molecule has 1 saturated heterocycles. The highest BCUT2D eigenvalue weighted by atomic mass is 16.4.